The lowest BCUT2D eigenvalue weighted by Crippen LogP contribution is -2.30. The topological polar surface area (TPSA) is 51.0 Å². The van der Waals surface area contributed by atoms with Crippen LogP contribution in [0.3, 0.4) is 0 Å². The zero-order valence-corrected chi connectivity index (χ0v) is 16.8. The van der Waals surface area contributed by atoms with Crippen LogP contribution in [-0.2, 0) is 7.05 Å². The maximum atomic E-state index is 13.4. The highest BCUT2D eigenvalue weighted by molar-refractivity contribution is 6.30. The summed E-state index contributed by atoms with van der Waals surface area (Å²) in [7, 11) is 3.73. The number of carbonyl (C=O) groups excluding carboxylic acids is 1. The fourth-order valence-corrected chi connectivity index (χ4v) is 3.68. The molecule has 1 atom stereocenters. The number of halogens is 1. The summed E-state index contributed by atoms with van der Waals surface area (Å²) < 4.78 is 1.77. The van der Waals surface area contributed by atoms with Crippen LogP contribution in [0.15, 0.2) is 30.3 Å². The first-order valence-corrected chi connectivity index (χ1v) is 9.61. The van der Waals surface area contributed by atoms with E-state index in [0.29, 0.717) is 16.5 Å². The highest BCUT2D eigenvalue weighted by Crippen LogP contribution is 2.40. The number of pyridine rings is 1. The fourth-order valence-electron chi connectivity index (χ4n) is 3.55. The van der Waals surface area contributed by atoms with Crippen molar-refractivity contribution >= 4 is 28.5 Å². The molecule has 2 heterocycles. The van der Waals surface area contributed by atoms with Gasteiger partial charge >= 0.3 is 0 Å². The summed E-state index contributed by atoms with van der Waals surface area (Å²) in [4.78, 5) is 20.0. The largest absolute Gasteiger partial charge is 0.335 e. The molecule has 0 bridgehead atoms. The Morgan fingerprint density at radius 3 is 2.59 bits per heavy atom. The van der Waals surface area contributed by atoms with Crippen molar-refractivity contribution in [2.24, 2.45) is 7.05 Å². The van der Waals surface area contributed by atoms with Crippen molar-refractivity contribution in [2.45, 2.75) is 38.6 Å². The number of aryl methyl sites for hydroxylation is 2. The van der Waals surface area contributed by atoms with Gasteiger partial charge in [0.05, 0.1) is 22.7 Å². The molecular formula is C21H23ClN4O. The Bertz CT molecular complexity index is 1020. The molecule has 1 aliphatic carbocycles. The first kappa shape index (κ1) is 18.0. The maximum absolute atomic E-state index is 13.4. The standard InChI is InChI=1S/C21H23ClN4O/c1-12-19-17(11-18(15-5-6-15)23-20(19)26(4)24-12)21(27)25(3)13(2)14-7-9-16(22)10-8-14/h7-11,13,15H,5-6H2,1-4H3. The third-order valence-corrected chi connectivity index (χ3v) is 5.72. The Labute approximate surface area is 164 Å². The quantitative estimate of drug-likeness (QED) is 0.660. The van der Waals surface area contributed by atoms with Crippen molar-refractivity contribution in [3.8, 4) is 0 Å². The van der Waals surface area contributed by atoms with E-state index in [1.165, 1.54) is 0 Å². The predicted molar refractivity (Wildman–Crippen MR) is 107 cm³/mol. The summed E-state index contributed by atoms with van der Waals surface area (Å²) >= 11 is 6.00. The van der Waals surface area contributed by atoms with Crippen LogP contribution < -0.4 is 0 Å². The molecule has 6 heteroatoms. The molecule has 2 aromatic heterocycles. The van der Waals surface area contributed by atoms with Crippen molar-refractivity contribution in [3.05, 3.63) is 57.9 Å². The number of hydrogen-bond donors (Lipinski definition) is 0. The minimum absolute atomic E-state index is 0.0112. The van der Waals surface area contributed by atoms with Crippen molar-refractivity contribution in [2.75, 3.05) is 7.05 Å². The van der Waals surface area contributed by atoms with Gasteiger partial charge in [-0.2, -0.15) is 5.10 Å². The second kappa shape index (κ2) is 6.64. The van der Waals surface area contributed by atoms with E-state index in [4.69, 9.17) is 16.6 Å². The van der Waals surface area contributed by atoms with E-state index in [9.17, 15) is 4.79 Å². The molecule has 1 saturated carbocycles. The molecule has 0 radical (unpaired) electrons. The number of amides is 1. The summed E-state index contributed by atoms with van der Waals surface area (Å²) in [5.41, 5.74) is 4.36. The monoisotopic (exact) mass is 382 g/mol. The molecule has 0 saturated heterocycles. The van der Waals surface area contributed by atoms with Gasteiger partial charge in [0.2, 0.25) is 0 Å². The summed E-state index contributed by atoms with van der Waals surface area (Å²) in [5, 5.41) is 6.03. The van der Waals surface area contributed by atoms with Crippen LogP contribution in [0.25, 0.3) is 11.0 Å². The lowest BCUT2D eigenvalue weighted by atomic mass is 10.0. The number of rotatable bonds is 4. The molecule has 3 aromatic rings. The van der Waals surface area contributed by atoms with E-state index in [1.807, 2.05) is 58.3 Å². The normalized spacial score (nSPS) is 15.1. The number of aromatic nitrogens is 3. The molecule has 4 rings (SSSR count). The summed E-state index contributed by atoms with van der Waals surface area (Å²) in [6.45, 7) is 3.96. The molecular weight excluding hydrogens is 360 g/mol. The number of benzene rings is 1. The van der Waals surface area contributed by atoms with Gasteiger partial charge in [-0.05, 0) is 50.5 Å². The van der Waals surface area contributed by atoms with E-state index >= 15 is 0 Å². The van der Waals surface area contributed by atoms with Gasteiger partial charge in [0, 0.05) is 30.7 Å². The summed E-state index contributed by atoms with van der Waals surface area (Å²) in [6.07, 6.45) is 2.28. The van der Waals surface area contributed by atoms with Gasteiger partial charge in [0.1, 0.15) is 0 Å². The van der Waals surface area contributed by atoms with Crippen LogP contribution in [0.4, 0.5) is 0 Å². The van der Waals surface area contributed by atoms with Gasteiger partial charge in [0.25, 0.3) is 5.91 Å². The van der Waals surface area contributed by atoms with Crippen LogP contribution in [0.5, 0.6) is 0 Å². The van der Waals surface area contributed by atoms with E-state index in [-0.39, 0.29) is 11.9 Å². The Morgan fingerprint density at radius 2 is 1.96 bits per heavy atom. The molecule has 0 aliphatic heterocycles. The number of nitrogens with zero attached hydrogens (tertiary/aromatic N) is 4. The van der Waals surface area contributed by atoms with Gasteiger partial charge < -0.3 is 4.90 Å². The molecule has 1 aliphatic rings. The van der Waals surface area contributed by atoms with Crippen LogP contribution >= 0.6 is 11.6 Å². The van der Waals surface area contributed by atoms with Crippen molar-refractivity contribution < 1.29 is 4.79 Å². The van der Waals surface area contributed by atoms with Gasteiger partial charge in [-0.1, -0.05) is 23.7 Å². The Morgan fingerprint density at radius 1 is 1.30 bits per heavy atom. The van der Waals surface area contributed by atoms with Crippen LogP contribution in [-0.4, -0.2) is 32.6 Å². The van der Waals surface area contributed by atoms with Gasteiger partial charge in [-0.3, -0.25) is 9.48 Å². The van der Waals surface area contributed by atoms with E-state index in [1.54, 1.807) is 9.58 Å². The van der Waals surface area contributed by atoms with E-state index in [2.05, 4.69) is 5.10 Å². The van der Waals surface area contributed by atoms with Gasteiger partial charge in [-0.25, -0.2) is 4.98 Å². The number of hydrogen-bond acceptors (Lipinski definition) is 3. The molecule has 27 heavy (non-hydrogen) atoms. The van der Waals surface area contributed by atoms with Crippen LogP contribution in [0.2, 0.25) is 5.02 Å². The van der Waals surface area contributed by atoms with E-state index in [0.717, 1.165) is 40.8 Å². The van der Waals surface area contributed by atoms with Gasteiger partial charge in [-0.15, -0.1) is 0 Å². The zero-order valence-electron chi connectivity index (χ0n) is 16.0. The Hall–Kier alpha value is -2.40. The smallest absolute Gasteiger partial charge is 0.254 e. The highest BCUT2D eigenvalue weighted by Gasteiger charge is 2.30. The lowest BCUT2D eigenvalue weighted by molar-refractivity contribution is 0.0744. The SMILES string of the molecule is Cc1nn(C)c2nc(C3CC3)cc(C(=O)N(C)C(C)c3ccc(Cl)cc3)c12. The fraction of sp³-hybridized carbons (Fsp3) is 0.381. The first-order valence-electron chi connectivity index (χ1n) is 9.23. The molecule has 1 unspecified atom stereocenters. The second-order valence-corrected chi connectivity index (χ2v) is 7.86. The third kappa shape index (κ3) is 3.21. The number of carbonyl (C=O) groups is 1. The maximum Gasteiger partial charge on any atom is 0.254 e. The summed E-state index contributed by atoms with van der Waals surface area (Å²) in [5.74, 6) is 0.456. The highest BCUT2D eigenvalue weighted by atomic mass is 35.5. The van der Waals surface area contributed by atoms with Crippen LogP contribution in [0, 0.1) is 6.92 Å². The average molecular weight is 383 g/mol. The third-order valence-electron chi connectivity index (χ3n) is 5.47. The number of fused-ring (bicyclic) bond motifs is 1. The lowest BCUT2D eigenvalue weighted by Gasteiger charge is -2.26. The molecule has 5 nitrogen and oxygen atoms in total. The molecule has 1 amide bonds. The van der Waals surface area contributed by atoms with Crippen molar-refractivity contribution in [3.63, 3.8) is 0 Å². The molecule has 0 N–H and O–H groups in total. The molecule has 1 aromatic carbocycles. The predicted octanol–water partition coefficient (Wildman–Crippen LogP) is 4.64. The Balaban J connectivity index is 1.76. The first-order chi connectivity index (χ1) is 12.9. The second-order valence-electron chi connectivity index (χ2n) is 7.42. The molecule has 0 spiro atoms. The van der Waals surface area contributed by atoms with Gasteiger partial charge in [0.15, 0.2) is 5.65 Å². The van der Waals surface area contributed by atoms with Crippen molar-refractivity contribution in [1.82, 2.24) is 19.7 Å². The average Bonchev–Trinajstić information content (AvgIpc) is 3.47. The molecule has 1 fully saturated rings. The Kier molecular flexibility index (Phi) is 4.42. The van der Waals surface area contributed by atoms with Crippen molar-refractivity contribution in [1.29, 1.82) is 0 Å². The molecule has 140 valence electrons. The van der Waals surface area contributed by atoms with E-state index < -0.39 is 0 Å². The minimum atomic E-state index is -0.0701. The van der Waals surface area contributed by atoms with Crippen LogP contribution in [0.1, 0.15) is 59.0 Å². The summed E-state index contributed by atoms with van der Waals surface area (Å²) in [6, 6.07) is 9.54. The minimum Gasteiger partial charge on any atom is -0.335 e. The zero-order chi connectivity index (χ0) is 19.3.